The Morgan fingerprint density at radius 1 is 1.28 bits per heavy atom. The van der Waals surface area contributed by atoms with E-state index in [2.05, 4.69) is 4.72 Å². The third kappa shape index (κ3) is 6.17. The Morgan fingerprint density at radius 3 is 2.56 bits per heavy atom. The van der Waals surface area contributed by atoms with Gasteiger partial charge in [-0.2, -0.15) is 0 Å². The van der Waals surface area contributed by atoms with Gasteiger partial charge in [0.2, 0.25) is 10.0 Å². The summed E-state index contributed by atoms with van der Waals surface area (Å²) in [6, 6.07) is 9.01. The average Bonchev–Trinajstić information content (AvgIpc) is 2.34. The molecule has 0 fully saturated rings. The normalized spacial score (nSPS) is 11.8. The number of carbonyl (C=O) groups excluding carboxylic acids is 1. The van der Waals surface area contributed by atoms with Crippen LogP contribution >= 0.6 is 0 Å². The largest absolute Gasteiger partial charge is 0.550 e. The van der Waals surface area contributed by atoms with Crippen molar-refractivity contribution in [2.45, 2.75) is 12.8 Å². The van der Waals surface area contributed by atoms with Crippen molar-refractivity contribution in [3.8, 4) is 0 Å². The molecule has 0 bridgehead atoms. The summed E-state index contributed by atoms with van der Waals surface area (Å²) in [6.45, 7) is 0.0788. The Labute approximate surface area is 106 Å². The predicted octanol–water partition coefficient (Wildman–Crippen LogP) is 0.107. The zero-order valence-corrected chi connectivity index (χ0v) is 10.5. The minimum atomic E-state index is -3.52. The fraction of sp³-hybridized carbons (Fsp3) is 0.250. The molecule has 98 valence electrons. The maximum absolute atomic E-state index is 11.5. The molecule has 5 nitrogen and oxygen atoms in total. The van der Waals surface area contributed by atoms with Crippen LogP contribution in [0.25, 0.3) is 6.08 Å². The second kappa shape index (κ2) is 6.93. The van der Waals surface area contributed by atoms with Gasteiger partial charge < -0.3 is 9.90 Å². The molecule has 1 rings (SSSR count). The lowest BCUT2D eigenvalue weighted by Gasteiger charge is -2.03. The summed E-state index contributed by atoms with van der Waals surface area (Å²) in [7, 11) is -3.52. The number of hydrogen-bond acceptors (Lipinski definition) is 4. The molecule has 0 atom stereocenters. The van der Waals surface area contributed by atoms with Crippen LogP contribution < -0.4 is 9.83 Å². The molecule has 0 aromatic heterocycles. The van der Waals surface area contributed by atoms with Gasteiger partial charge >= 0.3 is 0 Å². The molecule has 0 amide bonds. The highest BCUT2D eigenvalue weighted by Gasteiger charge is 2.03. The Bertz CT molecular complexity index is 508. The van der Waals surface area contributed by atoms with Crippen LogP contribution in [0.1, 0.15) is 18.4 Å². The number of hydrogen-bond donors (Lipinski definition) is 1. The van der Waals surface area contributed by atoms with Crippen molar-refractivity contribution in [3.05, 3.63) is 41.3 Å². The average molecular weight is 268 g/mol. The topological polar surface area (TPSA) is 86.3 Å². The second-order valence-corrected chi connectivity index (χ2v) is 5.28. The quantitative estimate of drug-likeness (QED) is 0.711. The Kier molecular flexibility index (Phi) is 5.54. The van der Waals surface area contributed by atoms with Crippen LogP contribution in [0.2, 0.25) is 0 Å². The highest BCUT2D eigenvalue weighted by molar-refractivity contribution is 7.92. The van der Waals surface area contributed by atoms with E-state index < -0.39 is 16.0 Å². The van der Waals surface area contributed by atoms with Crippen molar-refractivity contribution < 1.29 is 18.3 Å². The third-order valence-electron chi connectivity index (χ3n) is 2.10. The minimum Gasteiger partial charge on any atom is -0.550 e. The number of carboxylic acids is 1. The molecular weight excluding hydrogens is 254 g/mol. The number of nitrogens with one attached hydrogen (secondary N) is 1. The zero-order chi connectivity index (χ0) is 13.4. The number of sulfonamides is 1. The number of carboxylic acid groups (broad SMARTS) is 1. The SMILES string of the molecule is O=C([O-])CCCNS(=O)(=O)/C=C/c1ccccc1. The van der Waals surface area contributed by atoms with Crippen molar-refractivity contribution >= 4 is 22.1 Å². The molecule has 0 saturated carbocycles. The summed E-state index contributed by atoms with van der Waals surface area (Å²) in [4.78, 5) is 10.1. The Hall–Kier alpha value is -1.66. The highest BCUT2D eigenvalue weighted by atomic mass is 32.2. The summed E-state index contributed by atoms with van der Waals surface area (Å²) < 4.78 is 25.3. The van der Waals surface area contributed by atoms with E-state index in [9.17, 15) is 18.3 Å². The Morgan fingerprint density at radius 2 is 1.94 bits per heavy atom. The molecule has 0 aliphatic carbocycles. The van der Waals surface area contributed by atoms with E-state index in [1.54, 1.807) is 24.3 Å². The minimum absolute atomic E-state index is 0.0788. The second-order valence-electron chi connectivity index (χ2n) is 3.63. The molecule has 0 heterocycles. The van der Waals surface area contributed by atoms with Gasteiger partial charge in [0.05, 0.1) is 0 Å². The molecule has 18 heavy (non-hydrogen) atoms. The van der Waals surface area contributed by atoms with Crippen molar-refractivity contribution in [2.24, 2.45) is 0 Å². The molecule has 6 heteroatoms. The third-order valence-corrected chi connectivity index (χ3v) is 3.20. The molecule has 0 aliphatic heterocycles. The molecule has 1 aromatic carbocycles. The van der Waals surface area contributed by atoms with E-state index >= 15 is 0 Å². The number of rotatable bonds is 7. The summed E-state index contributed by atoms with van der Waals surface area (Å²) in [5, 5.41) is 11.2. The number of carbonyl (C=O) groups is 1. The molecule has 0 radical (unpaired) electrons. The van der Waals surface area contributed by atoms with E-state index in [1.807, 2.05) is 6.07 Å². The van der Waals surface area contributed by atoms with Crippen molar-refractivity contribution in [1.29, 1.82) is 0 Å². The van der Waals surface area contributed by atoms with E-state index in [-0.39, 0.29) is 19.4 Å². The van der Waals surface area contributed by atoms with Gasteiger partial charge in [-0.1, -0.05) is 30.3 Å². The van der Waals surface area contributed by atoms with Crippen LogP contribution in [0.3, 0.4) is 0 Å². The van der Waals surface area contributed by atoms with Crippen molar-refractivity contribution in [2.75, 3.05) is 6.54 Å². The summed E-state index contributed by atoms with van der Waals surface area (Å²) in [6.07, 6.45) is 1.52. The van der Waals surface area contributed by atoms with Gasteiger partial charge in [-0.15, -0.1) is 0 Å². The number of aliphatic carboxylic acids is 1. The zero-order valence-electron chi connectivity index (χ0n) is 9.70. The lowest BCUT2D eigenvalue weighted by atomic mass is 10.2. The van der Waals surface area contributed by atoms with E-state index in [4.69, 9.17) is 0 Å². The summed E-state index contributed by atoms with van der Waals surface area (Å²) in [5.74, 6) is -1.19. The Balaban J connectivity index is 2.45. The maximum atomic E-state index is 11.5. The van der Waals surface area contributed by atoms with Gasteiger partial charge in [0.25, 0.3) is 0 Å². The first-order valence-corrected chi connectivity index (χ1v) is 6.97. The molecular formula is C12H14NO4S-. The summed E-state index contributed by atoms with van der Waals surface area (Å²) >= 11 is 0. The van der Waals surface area contributed by atoms with Gasteiger partial charge in [-0.05, 0) is 24.5 Å². The van der Waals surface area contributed by atoms with Crippen LogP contribution in [0, 0.1) is 0 Å². The fourth-order valence-electron chi connectivity index (χ4n) is 1.23. The van der Waals surface area contributed by atoms with E-state index in [1.165, 1.54) is 6.08 Å². The first-order valence-electron chi connectivity index (χ1n) is 5.42. The first-order chi connectivity index (χ1) is 8.49. The van der Waals surface area contributed by atoms with Crippen molar-refractivity contribution in [3.63, 3.8) is 0 Å². The summed E-state index contributed by atoms with van der Waals surface area (Å²) in [5.41, 5.74) is 0.776. The molecule has 0 aliphatic rings. The predicted molar refractivity (Wildman–Crippen MR) is 66.6 cm³/mol. The number of benzene rings is 1. The van der Waals surface area contributed by atoms with Crippen LogP contribution in [0.15, 0.2) is 35.7 Å². The smallest absolute Gasteiger partial charge is 0.233 e. The van der Waals surface area contributed by atoms with Gasteiger partial charge in [-0.25, -0.2) is 13.1 Å². The van der Waals surface area contributed by atoms with Gasteiger partial charge in [0.15, 0.2) is 0 Å². The van der Waals surface area contributed by atoms with Crippen LogP contribution in [0.5, 0.6) is 0 Å². The van der Waals surface area contributed by atoms with E-state index in [0.29, 0.717) is 0 Å². The van der Waals surface area contributed by atoms with E-state index in [0.717, 1.165) is 11.0 Å². The van der Waals surface area contributed by atoms with Crippen LogP contribution in [-0.2, 0) is 14.8 Å². The van der Waals surface area contributed by atoms with Gasteiger partial charge in [0, 0.05) is 17.9 Å². The highest BCUT2D eigenvalue weighted by Crippen LogP contribution is 2.02. The first kappa shape index (κ1) is 14.4. The fourth-order valence-corrected chi connectivity index (χ4v) is 2.09. The molecule has 0 spiro atoms. The van der Waals surface area contributed by atoms with Crippen molar-refractivity contribution in [1.82, 2.24) is 4.72 Å². The lowest BCUT2D eigenvalue weighted by molar-refractivity contribution is -0.305. The molecule has 0 unspecified atom stereocenters. The molecule has 0 saturated heterocycles. The van der Waals surface area contributed by atoms with Gasteiger partial charge in [0.1, 0.15) is 0 Å². The van der Waals surface area contributed by atoms with Gasteiger partial charge in [-0.3, -0.25) is 0 Å². The molecule has 1 aromatic rings. The monoisotopic (exact) mass is 268 g/mol. The maximum Gasteiger partial charge on any atom is 0.233 e. The standard InChI is InChI=1S/C12H15NO4S/c14-12(15)7-4-9-13-18(16,17)10-8-11-5-2-1-3-6-11/h1-3,5-6,8,10,13H,4,7,9H2,(H,14,15)/p-1/b10-8+. The lowest BCUT2D eigenvalue weighted by Crippen LogP contribution is -2.26. The van der Waals surface area contributed by atoms with Crippen LogP contribution in [0.4, 0.5) is 0 Å². The molecule has 1 N–H and O–H groups in total. The van der Waals surface area contributed by atoms with Crippen LogP contribution in [-0.4, -0.2) is 20.9 Å².